The van der Waals surface area contributed by atoms with Crippen LogP contribution >= 0.6 is 11.8 Å². The number of carboxylic acid groups (broad SMARTS) is 1. The van der Waals surface area contributed by atoms with Crippen LogP contribution in [-0.2, 0) is 26.3 Å². The first kappa shape index (κ1) is 19.8. The summed E-state index contributed by atoms with van der Waals surface area (Å²) in [5.74, 6) is -1.03. The average molecular weight is 421 g/mol. The zero-order valence-electron chi connectivity index (χ0n) is 16.1. The third kappa shape index (κ3) is 2.62. The summed E-state index contributed by atoms with van der Waals surface area (Å²) in [6.45, 7) is 3.68. The number of rotatable bonds is 6. The molecule has 156 valence electrons. The Hall–Kier alpha value is -2.46. The maximum absolute atomic E-state index is 12.8. The van der Waals surface area contributed by atoms with Crippen molar-refractivity contribution in [2.75, 3.05) is 6.79 Å². The number of amides is 2. The van der Waals surface area contributed by atoms with E-state index in [1.54, 1.807) is 12.1 Å². The minimum Gasteiger partial charge on any atom is -0.479 e. The second kappa shape index (κ2) is 6.53. The Kier molecular flexibility index (Phi) is 4.47. The number of carboxylic acids is 1. The molecule has 9 nitrogen and oxygen atoms in total. The van der Waals surface area contributed by atoms with Crippen LogP contribution in [0.3, 0.4) is 0 Å². The number of nitrogens with zero attached hydrogens (tertiary/aromatic N) is 1. The van der Waals surface area contributed by atoms with Crippen LogP contribution in [-0.4, -0.2) is 50.7 Å². The van der Waals surface area contributed by atoms with Gasteiger partial charge >= 0.3 is 5.97 Å². The zero-order chi connectivity index (χ0) is 21.1. The van der Waals surface area contributed by atoms with E-state index in [-0.39, 0.29) is 30.9 Å². The van der Waals surface area contributed by atoms with Gasteiger partial charge in [0.25, 0.3) is 0 Å². The molecule has 0 spiro atoms. The molecular weight excluding hydrogens is 398 g/mol. The highest BCUT2D eigenvalue weighted by Crippen LogP contribution is 2.62. The Balaban J connectivity index is 1.90. The first-order valence-electron chi connectivity index (χ1n) is 9.31. The number of fused-ring (bicyclic) bond motifs is 2. The van der Waals surface area contributed by atoms with Gasteiger partial charge in [0, 0.05) is 5.56 Å². The summed E-state index contributed by atoms with van der Waals surface area (Å²) in [5.41, 5.74) is 10.6. The van der Waals surface area contributed by atoms with Gasteiger partial charge in [-0.2, -0.15) is 0 Å². The molecule has 2 fully saturated rings. The molecule has 0 saturated carbocycles. The van der Waals surface area contributed by atoms with Gasteiger partial charge in [-0.15, -0.1) is 11.8 Å². The van der Waals surface area contributed by atoms with E-state index >= 15 is 0 Å². The third-order valence-corrected chi connectivity index (χ3v) is 7.52. The highest BCUT2D eigenvalue weighted by Gasteiger charge is 2.70. The molecule has 29 heavy (non-hydrogen) atoms. The SMILES string of the molecule is CC1(C)S[C@@H]2CC(=O)N2[C@@]1(C(=O)O)c1ccc2c(c1CCC(N)C(N)=O)OCO2. The number of nitrogens with two attached hydrogens (primary N) is 2. The minimum atomic E-state index is -1.58. The summed E-state index contributed by atoms with van der Waals surface area (Å²) < 4.78 is 10.3. The number of thioether (sulfide) groups is 1. The van der Waals surface area contributed by atoms with Gasteiger partial charge in [0.2, 0.25) is 18.6 Å². The summed E-state index contributed by atoms with van der Waals surface area (Å²) in [4.78, 5) is 38.2. The first-order valence-corrected chi connectivity index (χ1v) is 10.2. The summed E-state index contributed by atoms with van der Waals surface area (Å²) in [6, 6.07) is 2.47. The lowest BCUT2D eigenvalue weighted by Crippen LogP contribution is -2.65. The van der Waals surface area contributed by atoms with Gasteiger partial charge in [-0.1, -0.05) is 6.07 Å². The Morgan fingerprint density at radius 3 is 2.72 bits per heavy atom. The standard InChI is InChI=1S/C19H23N3O6S/c1-18(2)19(17(25)26,22-13(23)7-14(22)29-18)10-4-6-12-15(28-8-27-12)9(10)3-5-11(20)16(21)24/h4,6,11,14H,3,5,7-8,20H2,1-2H3,(H2,21,24)(H,25,26)/t11?,14-,19-/m1/s1. The normalized spacial score (nSPS) is 27.3. The average Bonchev–Trinajstić information content (AvgIpc) is 3.17. The summed E-state index contributed by atoms with van der Waals surface area (Å²) in [5, 5.41) is 10.3. The highest BCUT2D eigenvalue weighted by atomic mass is 32.2. The fraction of sp³-hybridized carbons (Fsp3) is 0.526. The molecule has 4 rings (SSSR count). The lowest BCUT2D eigenvalue weighted by Gasteiger charge is -2.47. The molecule has 3 atom stereocenters. The molecule has 0 aromatic heterocycles. The third-order valence-electron chi connectivity index (χ3n) is 5.98. The van der Waals surface area contributed by atoms with Crippen molar-refractivity contribution in [3.05, 3.63) is 23.3 Å². The largest absolute Gasteiger partial charge is 0.479 e. The summed E-state index contributed by atoms with van der Waals surface area (Å²) in [7, 11) is 0. The Morgan fingerprint density at radius 1 is 1.38 bits per heavy atom. The van der Waals surface area contributed by atoms with E-state index in [2.05, 4.69) is 0 Å². The number of aliphatic carboxylic acids is 1. The number of primary amides is 1. The maximum Gasteiger partial charge on any atom is 0.335 e. The topological polar surface area (TPSA) is 145 Å². The highest BCUT2D eigenvalue weighted by molar-refractivity contribution is 8.01. The van der Waals surface area contributed by atoms with Crippen molar-refractivity contribution in [1.29, 1.82) is 0 Å². The number of hydrogen-bond acceptors (Lipinski definition) is 7. The smallest absolute Gasteiger partial charge is 0.335 e. The Labute approximate surface area is 171 Å². The second-order valence-electron chi connectivity index (χ2n) is 7.94. The molecule has 3 aliphatic heterocycles. The minimum absolute atomic E-state index is 0.0111. The van der Waals surface area contributed by atoms with E-state index in [1.807, 2.05) is 13.8 Å². The molecule has 2 amide bonds. The summed E-state index contributed by atoms with van der Waals surface area (Å²) >= 11 is 1.48. The monoisotopic (exact) mass is 421 g/mol. The number of benzene rings is 1. The number of carbonyl (C=O) groups excluding carboxylic acids is 2. The van der Waals surface area contributed by atoms with Crippen LogP contribution < -0.4 is 20.9 Å². The Morgan fingerprint density at radius 2 is 2.10 bits per heavy atom. The van der Waals surface area contributed by atoms with Crippen LogP contribution in [0.15, 0.2) is 12.1 Å². The predicted octanol–water partition coefficient (Wildman–Crippen LogP) is 0.524. The van der Waals surface area contributed by atoms with Gasteiger partial charge in [-0.25, -0.2) is 4.79 Å². The van der Waals surface area contributed by atoms with Gasteiger partial charge in [-0.3, -0.25) is 9.59 Å². The van der Waals surface area contributed by atoms with Crippen LogP contribution in [0.25, 0.3) is 0 Å². The molecule has 3 aliphatic rings. The quantitative estimate of drug-likeness (QED) is 0.564. The molecule has 3 heterocycles. The fourth-order valence-corrected chi connectivity index (χ4v) is 6.34. The van der Waals surface area contributed by atoms with Crippen molar-refractivity contribution < 1.29 is 29.0 Å². The van der Waals surface area contributed by atoms with Gasteiger partial charge < -0.3 is 30.9 Å². The maximum atomic E-state index is 12.8. The van der Waals surface area contributed by atoms with Crippen molar-refractivity contribution in [2.45, 2.75) is 54.8 Å². The van der Waals surface area contributed by atoms with E-state index in [0.29, 0.717) is 29.0 Å². The van der Waals surface area contributed by atoms with E-state index in [4.69, 9.17) is 20.9 Å². The van der Waals surface area contributed by atoms with Crippen LogP contribution in [0.2, 0.25) is 0 Å². The molecule has 5 N–H and O–H groups in total. The lowest BCUT2D eigenvalue weighted by molar-refractivity contribution is -0.169. The molecule has 0 bridgehead atoms. The van der Waals surface area contributed by atoms with Crippen LogP contribution in [0, 0.1) is 0 Å². The number of hydrogen-bond donors (Lipinski definition) is 3. The van der Waals surface area contributed by atoms with Gasteiger partial charge in [-0.05, 0) is 38.3 Å². The molecule has 2 saturated heterocycles. The number of ether oxygens (including phenoxy) is 2. The molecule has 1 aromatic rings. The molecule has 1 unspecified atom stereocenters. The number of β-lactam (4-membered cyclic amide) rings is 1. The van der Waals surface area contributed by atoms with Gasteiger partial charge in [0.15, 0.2) is 17.0 Å². The predicted molar refractivity (Wildman–Crippen MR) is 104 cm³/mol. The molecule has 0 aliphatic carbocycles. The van der Waals surface area contributed by atoms with Crippen LogP contribution in [0.4, 0.5) is 0 Å². The molecule has 1 aromatic carbocycles. The second-order valence-corrected chi connectivity index (χ2v) is 9.74. The van der Waals surface area contributed by atoms with E-state index in [1.165, 1.54) is 16.7 Å². The first-order chi connectivity index (χ1) is 13.6. The van der Waals surface area contributed by atoms with Crippen LogP contribution in [0.5, 0.6) is 11.5 Å². The molecule has 10 heteroatoms. The van der Waals surface area contributed by atoms with Crippen LogP contribution in [0.1, 0.15) is 37.8 Å². The van der Waals surface area contributed by atoms with E-state index < -0.39 is 28.2 Å². The lowest BCUT2D eigenvalue weighted by atomic mass is 9.73. The Bertz CT molecular complexity index is 919. The molecular formula is C19H23N3O6S. The van der Waals surface area contributed by atoms with Crippen molar-refractivity contribution in [3.8, 4) is 11.5 Å². The van der Waals surface area contributed by atoms with E-state index in [9.17, 15) is 19.5 Å². The van der Waals surface area contributed by atoms with Crippen molar-refractivity contribution in [3.63, 3.8) is 0 Å². The zero-order valence-corrected chi connectivity index (χ0v) is 17.0. The molecule has 0 radical (unpaired) electrons. The van der Waals surface area contributed by atoms with Crippen molar-refractivity contribution in [2.24, 2.45) is 11.5 Å². The van der Waals surface area contributed by atoms with Gasteiger partial charge in [0.1, 0.15) is 0 Å². The summed E-state index contributed by atoms with van der Waals surface area (Å²) in [6.07, 6.45) is 0.785. The van der Waals surface area contributed by atoms with Crippen molar-refractivity contribution in [1.82, 2.24) is 4.90 Å². The number of carbonyl (C=O) groups is 3. The van der Waals surface area contributed by atoms with E-state index in [0.717, 1.165) is 0 Å². The van der Waals surface area contributed by atoms with Crippen molar-refractivity contribution >= 4 is 29.5 Å². The fourth-order valence-electron chi connectivity index (χ4n) is 4.59. The van der Waals surface area contributed by atoms with Gasteiger partial charge in [0.05, 0.1) is 22.6 Å².